The molecule has 1 aliphatic rings. The number of sulfonamides is 1. The van der Waals surface area contributed by atoms with Crippen LogP contribution in [0.1, 0.15) is 21.6 Å². The third kappa shape index (κ3) is 2.90. The van der Waals surface area contributed by atoms with Crippen LogP contribution in [0.4, 0.5) is 0 Å². The summed E-state index contributed by atoms with van der Waals surface area (Å²) in [6.45, 7) is 0. The number of esters is 1. The Balaban J connectivity index is 1.94. The molecule has 2 heterocycles. The zero-order valence-electron chi connectivity index (χ0n) is 14.4. The highest BCUT2D eigenvalue weighted by molar-refractivity contribution is 7.89. The number of ether oxygens (including phenoxy) is 1. The predicted octanol–water partition coefficient (Wildman–Crippen LogP) is 1.47. The maximum atomic E-state index is 12.2. The number of rotatable bonds is 3. The second kappa shape index (κ2) is 6.29. The summed E-state index contributed by atoms with van der Waals surface area (Å²) in [6.07, 6.45) is 4.87. The van der Waals surface area contributed by atoms with Crippen molar-refractivity contribution in [3.05, 3.63) is 59.5 Å². The van der Waals surface area contributed by atoms with E-state index in [1.807, 2.05) is 6.07 Å². The molecule has 1 aromatic carbocycles. The van der Waals surface area contributed by atoms with Gasteiger partial charge in [0.2, 0.25) is 10.0 Å². The van der Waals surface area contributed by atoms with Gasteiger partial charge in [-0.2, -0.15) is 5.10 Å². The summed E-state index contributed by atoms with van der Waals surface area (Å²) in [6, 6.07) is 7.90. The molecule has 0 unspecified atom stereocenters. The average molecular weight is 384 g/mol. The Hall–Kier alpha value is -3.04. The van der Waals surface area contributed by atoms with Crippen LogP contribution in [0.25, 0.3) is 16.9 Å². The highest BCUT2D eigenvalue weighted by atomic mass is 32.2. The van der Waals surface area contributed by atoms with E-state index < -0.39 is 16.0 Å². The molecule has 0 saturated heterocycles. The SMILES string of the molecule is COC(=O)c1nn(-c2ccc(S(N)(=O)=O)cc2)c2c1CCc1cnccc1-2. The third-order valence-electron chi connectivity index (χ3n) is 4.58. The smallest absolute Gasteiger partial charge is 0.358 e. The lowest BCUT2D eigenvalue weighted by Crippen LogP contribution is -2.12. The van der Waals surface area contributed by atoms with Gasteiger partial charge in [0.15, 0.2) is 5.69 Å². The largest absolute Gasteiger partial charge is 0.464 e. The Labute approximate surface area is 155 Å². The summed E-state index contributed by atoms with van der Waals surface area (Å²) in [5.41, 5.74) is 4.44. The number of pyridine rings is 1. The topological polar surface area (TPSA) is 117 Å². The van der Waals surface area contributed by atoms with Crippen LogP contribution in [0.2, 0.25) is 0 Å². The zero-order chi connectivity index (χ0) is 19.2. The first-order valence-corrected chi connectivity index (χ1v) is 9.71. The number of benzene rings is 1. The fraction of sp³-hybridized carbons (Fsp3) is 0.167. The maximum Gasteiger partial charge on any atom is 0.358 e. The van der Waals surface area contributed by atoms with Gasteiger partial charge in [0, 0.05) is 23.5 Å². The molecule has 4 rings (SSSR count). The van der Waals surface area contributed by atoms with E-state index in [4.69, 9.17) is 9.88 Å². The lowest BCUT2D eigenvalue weighted by Gasteiger charge is -2.18. The lowest BCUT2D eigenvalue weighted by atomic mass is 9.90. The molecule has 0 saturated carbocycles. The summed E-state index contributed by atoms with van der Waals surface area (Å²) >= 11 is 0. The maximum absolute atomic E-state index is 12.2. The van der Waals surface area contributed by atoms with E-state index in [9.17, 15) is 13.2 Å². The molecule has 0 amide bonds. The first kappa shape index (κ1) is 17.4. The number of nitrogens with two attached hydrogens (primary N) is 1. The molecule has 9 heteroatoms. The monoisotopic (exact) mass is 384 g/mol. The lowest BCUT2D eigenvalue weighted by molar-refractivity contribution is 0.0592. The van der Waals surface area contributed by atoms with E-state index in [0.717, 1.165) is 28.8 Å². The first-order valence-electron chi connectivity index (χ1n) is 8.17. The molecule has 0 radical (unpaired) electrons. The van der Waals surface area contributed by atoms with Gasteiger partial charge in [0.25, 0.3) is 0 Å². The van der Waals surface area contributed by atoms with Gasteiger partial charge in [0.05, 0.1) is 23.4 Å². The molecule has 3 aromatic rings. The molecule has 8 nitrogen and oxygen atoms in total. The molecule has 138 valence electrons. The molecule has 0 spiro atoms. The predicted molar refractivity (Wildman–Crippen MR) is 96.9 cm³/mol. The second-order valence-corrected chi connectivity index (χ2v) is 7.71. The number of hydrogen-bond acceptors (Lipinski definition) is 6. The van der Waals surface area contributed by atoms with E-state index in [1.165, 1.54) is 19.2 Å². The average Bonchev–Trinajstić information content (AvgIpc) is 3.07. The van der Waals surface area contributed by atoms with Crippen molar-refractivity contribution >= 4 is 16.0 Å². The number of aromatic nitrogens is 3. The molecule has 2 aromatic heterocycles. The number of carbonyl (C=O) groups excluding carboxylic acids is 1. The molecule has 0 bridgehead atoms. The molecule has 1 aliphatic carbocycles. The van der Waals surface area contributed by atoms with Crippen LogP contribution in [-0.4, -0.2) is 36.3 Å². The van der Waals surface area contributed by atoms with Crippen molar-refractivity contribution in [2.24, 2.45) is 5.14 Å². The molecule has 27 heavy (non-hydrogen) atoms. The molecular formula is C18H16N4O4S. The summed E-state index contributed by atoms with van der Waals surface area (Å²) in [7, 11) is -2.48. The Bertz CT molecular complexity index is 1150. The van der Waals surface area contributed by atoms with Crippen LogP contribution in [0.5, 0.6) is 0 Å². The number of primary sulfonamides is 1. The van der Waals surface area contributed by atoms with Crippen molar-refractivity contribution < 1.29 is 17.9 Å². The summed E-state index contributed by atoms with van der Waals surface area (Å²) in [5.74, 6) is -0.510. The zero-order valence-corrected chi connectivity index (χ0v) is 15.2. The van der Waals surface area contributed by atoms with E-state index >= 15 is 0 Å². The van der Waals surface area contributed by atoms with Gasteiger partial charge >= 0.3 is 5.97 Å². The van der Waals surface area contributed by atoms with Crippen molar-refractivity contribution in [1.29, 1.82) is 0 Å². The summed E-state index contributed by atoms with van der Waals surface area (Å²) < 4.78 is 29.5. The summed E-state index contributed by atoms with van der Waals surface area (Å²) in [5, 5.41) is 9.63. The number of nitrogens with zero attached hydrogens (tertiary/aromatic N) is 3. The molecule has 0 aliphatic heterocycles. The van der Waals surface area contributed by atoms with Crippen LogP contribution in [0.15, 0.2) is 47.6 Å². The van der Waals surface area contributed by atoms with Crippen LogP contribution in [0, 0.1) is 0 Å². The number of hydrogen-bond donors (Lipinski definition) is 1. The number of methoxy groups -OCH3 is 1. The number of fused-ring (bicyclic) bond motifs is 3. The van der Waals surface area contributed by atoms with Crippen LogP contribution in [0.3, 0.4) is 0 Å². The highest BCUT2D eigenvalue weighted by Crippen LogP contribution is 2.36. The Morgan fingerprint density at radius 1 is 1.19 bits per heavy atom. The standard InChI is InChI=1S/C18H16N4O4S/c1-26-18(23)16-15-7-2-11-10-20-9-8-14(11)17(15)22(21-16)12-3-5-13(6-4-12)27(19,24)25/h3-6,8-10H,2,7H2,1H3,(H2,19,24,25). The number of carbonyl (C=O) groups is 1. The molecule has 0 atom stereocenters. The van der Waals surface area contributed by atoms with Crippen molar-refractivity contribution in [1.82, 2.24) is 14.8 Å². The van der Waals surface area contributed by atoms with E-state index in [-0.39, 0.29) is 10.6 Å². The Kier molecular flexibility index (Phi) is 4.05. The minimum absolute atomic E-state index is 0.00469. The van der Waals surface area contributed by atoms with Gasteiger partial charge < -0.3 is 4.74 Å². The van der Waals surface area contributed by atoms with Gasteiger partial charge in [-0.1, -0.05) is 0 Å². The number of aryl methyl sites for hydroxylation is 1. The van der Waals surface area contributed by atoms with Gasteiger partial charge in [-0.3, -0.25) is 4.98 Å². The molecule has 2 N–H and O–H groups in total. The summed E-state index contributed by atoms with van der Waals surface area (Å²) in [4.78, 5) is 16.4. The first-order chi connectivity index (χ1) is 12.9. The quantitative estimate of drug-likeness (QED) is 0.683. The van der Waals surface area contributed by atoms with Crippen LogP contribution >= 0.6 is 0 Å². The third-order valence-corrected chi connectivity index (χ3v) is 5.50. The van der Waals surface area contributed by atoms with E-state index in [2.05, 4.69) is 10.1 Å². The molecule has 0 fully saturated rings. The van der Waals surface area contributed by atoms with Gasteiger partial charge in [0.1, 0.15) is 0 Å². The minimum Gasteiger partial charge on any atom is -0.464 e. The van der Waals surface area contributed by atoms with Crippen LogP contribution < -0.4 is 5.14 Å². The van der Waals surface area contributed by atoms with Crippen LogP contribution in [-0.2, 0) is 27.6 Å². The van der Waals surface area contributed by atoms with Gasteiger partial charge in [-0.15, -0.1) is 0 Å². The van der Waals surface area contributed by atoms with Crippen molar-refractivity contribution in [2.45, 2.75) is 17.7 Å². The highest BCUT2D eigenvalue weighted by Gasteiger charge is 2.29. The van der Waals surface area contributed by atoms with Crippen molar-refractivity contribution in [2.75, 3.05) is 7.11 Å². The molecular weight excluding hydrogens is 368 g/mol. The Morgan fingerprint density at radius 3 is 2.59 bits per heavy atom. The van der Waals surface area contributed by atoms with Crippen molar-refractivity contribution in [3.8, 4) is 16.9 Å². The van der Waals surface area contributed by atoms with Gasteiger partial charge in [-0.25, -0.2) is 23.0 Å². The minimum atomic E-state index is -3.79. The van der Waals surface area contributed by atoms with E-state index in [1.54, 1.807) is 29.2 Å². The van der Waals surface area contributed by atoms with Gasteiger partial charge in [-0.05, 0) is 48.7 Å². The Morgan fingerprint density at radius 2 is 1.93 bits per heavy atom. The normalized spacial score (nSPS) is 13.0. The fourth-order valence-electron chi connectivity index (χ4n) is 3.31. The van der Waals surface area contributed by atoms with Crippen molar-refractivity contribution in [3.63, 3.8) is 0 Å². The second-order valence-electron chi connectivity index (χ2n) is 6.15. The van der Waals surface area contributed by atoms with E-state index in [0.29, 0.717) is 12.1 Å². The fourth-order valence-corrected chi connectivity index (χ4v) is 3.82.